The van der Waals surface area contributed by atoms with Crippen molar-refractivity contribution >= 4 is 0 Å². The van der Waals surface area contributed by atoms with Crippen LogP contribution < -0.4 is 0 Å². The predicted octanol–water partition coefficient (Wildman–Crippen LogP) is 4.49. The lowest BCUT2D eigenvalue weighted by molar-refractivity contribution is 0.997. The predicted molar refractivity (Wildman–Crippen MR) is 70.1 cm³/mol. The normalized spacial score (nSPS) is 17.5. The first-order valence-electron chi connectivity index (χ1n) is 5.87. The Labute approximate surface area is 98.7 Å². The molecule has 0 bridgehead atoms. The van der Waals surface area contributed by atoms with Crippen LogP contribution in [0.25, 0.3) is 0 Å². The second-order valence-corrected chi connectivity index (χ2v) is 4.64. The number of allylic oxidation sites excluding steroid dienone is 4. The third kappa shape index (κ3) is 1.84. The first kappa shape index (κ1) is 11.2. The van der Waals surface area contributed by atoms with E-state index in [1.165, 1.54) is 33.8 Å². The van der Waals surface area contributed by atoms with E-state index >= 15 is 0 Å². The molecule has 1 aliphatic carbocycles. The maximum atomic E-state index is 2.24. The van der Waals surface area contributed by atoms with Gasteiger partial charge in [0.1, 0.15) is 0 Å². The third-order valence-corrected chi connectivity index (χ3v) is 3.82. The molecular formula is C16H19. The van der Waals surface area contributed by atoms with Gasteiger partial charge in [-0.2, -0.15) is 0 Å². The molecule has 0 spiro atoms. The number of hydrogen-bond acceptors (Lipinski definition) is 0. The van der Waals surface area contributed by atoms with Gasteiger partial charge < -0.3 is 0 Å². The van der Waals surface area contributed by atoms with E-state index in [4.69, 9.17) is 0 Å². The van der Waals surface area contributed by atoms with Crippen molar-refractivity contribution in [2.45, 2.75) is 34.1 Å². The summed E-state index contributed by atoms with van der Waals surface area (Å²) in [4.78, 5) is 0. The van der Waals surface area contributed by atoms with E-state index in [-0.39, 0.29) is 0 Å². The van der Waals surface area contributed by atoms with E-state index in [0.717, 1.165) is 6.42 Å². The highest BCUT2D eigenvalue weighted by Crippen LogP contribution is 2.39. The van der Waals surface area contributed by atoms with Crippen molar-refractivity contribution in [3.8, 4) is 0 Å². The molecule has 0 fully saturated rings. The molecule has 0 N–H and O–H groups in total. The summed E-state index contributed by atoms with van der Waals surface area (Å²) in [5, 5.41) is 0. The zero-order chi connectivity index (χ0) is 11.7. The van der Waals surface area contributed by atoms with E-state index < -0.39 is 0 Å². The van der Waals surface area contributed by atoms with Gasteiger partial charge in [-0.3, -0.25) is 0 Å². The summed E-state index contributed by atoms with van der Waals surface area (Å²) in [5.74, 6) is 1.52. The fourth-order valence-corrected chi connectivity index (χ4v) is 2.36. The second kappa shape index (κ2) is 4.29. The molecular weight excluding hydrogens is 192 g/mol. The van der Waals surface area contributed by atoms with Crippen molar-refractivity contribution in [1.82, 2.24) is 0 Å². The molecule has 0 aromatic heterocycles. The summed E-state index contributed by atoms with van der Waals surface area (Å²) in [6.45, 7) is 8.94. The van der Waals surface area contributed by atoms with Gasteiger partial charge in [0, 0.05) is 5.92 Å². The van der Waals surface area contributed by atoms with Gasteiger partial charge in [-0.1, -0.05) is 41.5 Å². The van der Waals surface area contributed by atoms with E-state index in [0.29, 0.717) is 0 Å². The van der Waals surface area contributed by atoms with Gasteiger partial charge in [0.05, 0.1) is 0 Å². The van der Waals surface area contributed by atoms with Gasteiger partial charge >= 0.3 is 0 Å². The molecule has 0 aliphatic heterocycles. The fraction of sp³-hybridized carbons (Fsp3) is 0.312. The Bertz CT molecular complexity index is 422. The van der Waals surface area contributed by atoms with Crippen molar-refractivity contribution in [2.75, 3.05) is 0 Å². The highest BCUT2D eigenvalue weighted by molar-refractivity contribution is 5.58. The van der Waals surface area contributed by atoms with Gasteiger partial charge in [0.25, 0.3) is 0 Å². The quantitative estimate of drug-likeness (QED) is 0.676. The maximum absolute atomic E-state index is 2.24. The molecule has 83 valence electrons. The Morgan fingerprint density at radius 3 is 1.69 bits per heavy atom. The third-order valence-electron chi connectivity index (χ3n) is 3.82. The molecule has 1 radical (unpaired) electrons. The largest absolute Gasteiger partial charge is 0.0622 e. The monoisotopic (exact) mass is 211 g/mol. The number of rotatable bonds is 2. The molecule has 0 amide bonds. The first-order valence-corrected chi connectivity index (χ1v) is 5.87. The van der Waals surface area contributed by atoms with Crippen molar-refractivity contribution < 1.29 is 0 Å². The maximum Gasteiger partial charge on any atom is 0.0301 e. The highest BCUT2D eigenvalue weighted by Gasteiger charge is 2.24. The van der Waals surface area contributed by atoms with E-state index in [1.54, 1.807) is 0 Å². The van der Waals surface area contributed by atoms with Gasteiger partial charge in [-0.05, 0) is 50.8 Å². The van der Waals surface area contributed by atoms with Crippen LogP contribution in [0.2, 0.25) is 0 Å². The molecule has 0 nitrogen and oxygen atoms in total. The van der Waals surface area contributed by atoms with Crippen LogP contribution in [0.15, 0.2) is 52.6 Å². The molecule has 16 heavy (non-hydrogen) atoms. The minimum atomic E-state index is 1.06. The SMILES string of the molecule is CC1=C(C)C(C)=C(C)[C]1Cc1ccccc1. The van der Waals surface area contributed by atoms with Gasteiger partial charge in [0.15, 0.2) is 0 Å². The summed E-state index contributed by atoms with van der Waals surface area (Å²) in [6.07, 6.45) is 1.06. The lowest BCUT2D eigenvalue weighted by atomic mass is 9.90. The van der Waals surface area contributed by atoms with Crippen molar-refractivity contribution in [3.05, 3.63) is 64.1 Å². The van der Waals surface area contributed by atoms with Crippen molar-refractivity contribution in [1.29, 1.82) is 0 Å². The Morgan fingerprint density at radius 2 is 1.19 bits per heavy atom. The average Bonchev–Trinajstić information content (AvgIpc) is 2.48. The zero-order valence-corrected chi connectivity index (χ0v) is 10.6. The topological polar surface area (TPSA) is 0 Å². The fourth-order valence-electron chi connectivity index (χ4n) is 2.36. The van der Waals surface area contributed by atoms with Crippen LogP contribution in [0, 0.1) is 5.92 Å². The van der Waals surface area contributed by atoms with E-state index in [2.05, 4.69) is 58.0 Å². The van der Waals surface area contributed by atoms with Gasteiger partial charge in [0.2, 0.25) is 0 Å². The Balaban J connectivity index is 2.25. The molecule has 0 unspecified atom stereocenters. The summed E-state index contributed by atoms with van der Waals surface area (Å²) in [5.41, 5.74) is 7.27. The summed E-state index contributed by atoms with van der Waals surface area (Å²) >= 11 is 0. The molecule has 1 aromatic carbocycles. The average molecular weight is 211 g/mol. The molecule has 1 aliphatic rings. The summed E-state index contributed by atoms with van der Waals surface area (Å²) in [6, 6.07) is 10.7. The molecule has 0 saturated carbocycles. The molecule has 1 aromatic rings. The Hall–Kier alpha value is -1.30. The van der Waals surface area contributed by atoms with E-state index in [9.17, 15) is 0 Å². The second-order valence-electron chi connectivity index (χ2n) is 4.64. The smallest absolute Gasteiger partial charge is 0.0301 e. The minimum Gasteiger partial charge on any atom is -0.0622 e. The lowest BCUT2D eigenvalue weighted by Crippen LogP contribution is -2.02. The van der Waals surface area contributed by atoms with Crippen molar-refractivity contribution in [2.24, 2.45) is 0 Å². The number of benzene rings is 1. The van der Waals surface area contributed by atoms with Crippen LogP contribution in [-0.2, 0) is 6.42 Å². The van der Waals surface area contributed by atoms with Crippen LogP contribution in [0.5, 0.6) is 0 Å². The van der Waals surface area contributed by atoms with Crippen LogP contribution in [0.1, 0.15) is 33.3 Å². The first-order chi connectivity index (χ1) is 7.61. The standard InChI is InChI=1S/C16H19/c1-11-12(2)14(4)16(13(11)3)10-15-8-6-5-7-9-15/h5-9H,10H2,1-4H3. The van der Waals surface area contributed by atoms with Crippen LogP contribution in [0.4, 0.5) is 0 Å². The van der Waals surface area contributed by atoms with Crippen LogP contribution in [0.3, 0.4) is 0 Å². The van der Waals surface area contributed by atoms with Gasteiger partial charge in [-0.25, -0.2) is 0 Å². The van der Waals surface area contributed by atoms with Crippen LogP contribution in [-0.4, -0.2) is 0 Å². The highest BCUT2D eigenvalue weighted by atomic mass is 14.3. The van der Waals surface area contributed by atoms with E-state index in [1.807, 2.05) is 0 Å². The van der Waals surface area contributed by atoms with Crippen LogP contribution >= 0.6 is 0 Å². The zero-order valence-electron chi connectivity index (χ0n) is 10.6. The molecule has 0 atom stereocenters. The summed E-state index contributed by atoms with van der Waals surface area (Å²) < 4.78 is 0. The molecule has 0 heterocycles. The van der Waals surface area contributed by atoms with Gasteiger partial charge in [-0.15, -0.1) is 0 Å². The molecule has 2 rings (SSSR count). The molecule has 0 heteroatoms. The summed E-state index contributed by atoms with van der Waals surface area (Å²) in [7, 11) is 0. The van der Waals surface area contributed by atoms with Crippen molar-refractivity contribution in [3.63, 3.8) is 0 Å². The molecule has 0 saturated heterocycles. The lowest BCUT2D eigenvalue weighted by Gasteiger charge is -2.14. The Kier molecular flexibility index (Phi) is 3.00. The Morgan fingerprint density at radius 1 is 0.688 bits per heavy atom. The minimum absolute atomic E-state index is 1.06. The number of hydrogen-bond donors (Lipinski definition) is 0.